The first-order valence-corrected chi connectivity index (χ1v) is 13.3. The highest BCUT2D eigenvalue weighted by molar-refractivity contribution is 7.98. The molecule has 1 aliphatic rings. The summed E-state index contributed by atoms with van der Waals surface area (Å²) in [5.74, 6) is 3.24. The van der Waals surface area contributed by atoms with Crippen molar-refractivity contribution >= 4 is 29.3 Å². The molecular formula is C26H31ClN4O2S. The van der Waals surface area contributed by atoms with E-state index in [9.17, 15) is 4.79 Å². The number of hydrogen-bond acceptors (Lipinski definition) is 6. The summed E-state index contributed by atoms with van der Waals surface area (Å²) in [6.45, 7) is 5.04. The predicted molar refractivity (Wildman–Crippen MR) is 138 cm³/mol. The van der Waals surface area contributed by atoms with E-state index in [0.717, 1.165) is 49.4 Å². The number of amides is 1. The largest absolute Gasteiger partial charge is 0.356 e. The van der Waals surface area contributed by atoms with Crippen molar-refractivity contribution < 1.29 is 9.32 Å². The van der Waals surface area contributed by atoms with Gasteiger partial charge >= 0.3 is 0 Å². The normalized spacial score (nSPS) is 16.5. The van der Waals surface area contributed by atoms with Crippen LogP contribution < -0.4 is 5.32 Å². The van der Waals surface area contributed by atoms with Crippen LogP contribution in [0.3, 0.4) is 0 Å². The van der Waals surface area contributed by atoms with Gasteiger partial charge in [-0.05, 0) is 61.7 Å². The van der Waals surface area contributed by atoms with E-state index >= 15 is 0 Å². The van der Waals surface area contributed by atoms with Crippen LogP contribution in [0.15, 0.2) is 53.1 Å². The number of aromatic nitrogens is 2. The molecule has 2 aromatic carbocycles. The molecule has 0 spiro atoms. The number of aryl methyl sites for hydroxylation is 1. The Kier molecular flexibility index (Phi) is 9.02. The molecule has 1 amide bonds. The summed E-state index contributed by atoms with van der Waals surface area (Å²) in [6.07, 6.45) is 2.88. The van der Waals surface area contributed by atoms with Gasteiger partial charge in [-0.25, -0.2) is 0 Å². The number of hydrogen-bond donors (Lipinski definition) is 1. The molecule has 1 saturated heterocycles. The number of thioether (sulfide) groups is 1. The molecule has 1 aliphatic heterocycles. The molecule has 0 aliphatic carbocycles. The molecule has 0 saturated carbocycles. The third-order valence-electron chi connectivity index (χ3n) is 6.10. The van der Waals surface area contributed by atoms with Crippen molar-refractivity contribution in [3.8, 4) is 11.4 Å². The van der Waals surface area contributed by atoms with Crippen LogP contribution in [-0.2, 0) is 17.1 Å². The van der Waals surface area contributed by atoms with Crippen molar-refractivity contribution in [3.05, 3.63) is 70.6 Å². The van der Waals surface area contributed by atoms with Gasteiger partial charge in [0.2, 0.25) is 17.6 Å². The summed E-state index contributed by atoms with van der Waals surface area (Å²) in [5.41, 5.74) is 3.48. The summed E-state index contributed by atoms with van der Waals surface area (Å²) in [6, 6.07) is 16.0. The van der Waals surface area contributed by atoms with E-state index in [0.29, 0.717) is 29.8 Å². The summed E-state index contributed by atoms with van der Waals surface area (Å²) >= 11 is 8.16. The van der Waals surface area contributed by atoms with Crippen molar-refractivity contribution in [1.82, 2.24) is 20.4 Å². The predicted octanol–water partition coefficient (Wildman–Crippen LogP) is 5.35. The Balaban J connectivity index is 1.17. The number of likely N-dealkylation sites (tertiary alicyclic amines) is 1. The van der Waals surface area contributed by atoms with Gasteiger partial charge in [0.15, 0.2) is 0 Å². The van der Waals surface area contributed by atoms with Crippen LogP contribution >= 0.6 is 23.4 Å². The van der Waals surface area contributed by atoms with Crippen LogP contribution in [0.1, 0.15) is 36.3 Å². The highest BCUT2D eigenvalue weighted by atomic mass is 35.5. The first-order valence-electron chi connectivity index (χ1n) is 11.8. The van der Waals surface area contributed by atoms with E-state index in [4.69, 9.17) is 16.1 Å². The zero-order valence-corrected chi connectivity index (χ0v) is 21.1. The first-order chi connectivity index (χ1) is 16.6. The lowest BCUT2D eigenvalue weighted by Gasteiger charge is -2.30. The standard InChI is InChI=1S/C26H31ClN4O2S/c1-19-8-2-3-9-21(19)18-34-15-7-13-28-26(32)20-10-6-14-31(16-20)17-24-29-25(30-33-24)22-11-4-5-12-23(22)27/h2-5,8-9,11-12,20H,6-7,10,13-18H2,1H3,(H,28,32). The van der Waals surface area contributed by atoms with Crippen molar-refractivity contribution in [2.75, 3.05) is 25.4 Å². The SMILES string of the molecule is Cc1ccccc1CSCCCNC(=O)C1CCCN(Cc2nc(-c3ccccc3Cl)no2)C1. The monoisotopic (exact) mass is 498 g/mol. The minimum absolute atomic E-state index is 0.000619. The highest BCUT2D eigenvalue weighted by Gasteiger charge is 2.26. The van der Waals surface area contributed by atoms with E-state index in [-0.39, 0.29) is 11.8 Å². The van der Waals surface area contributed by atoms with Gasteiger partial charge in [-0.3, -0.25) is 9.69 Å². The molecule has 3 aromatic rings. The molecule has 1 N–H and O–H groups in total. The van der Waals surface area contributed by atoms with Gasteiger partial charge in [-0.2, -0.15) is 16.7 Å². The topological polar surface area (TPSA) is 71.3 Å². The second-order valence-electron chi connectivity index (χ2n) is 8.69. The number of nitrogens with one attached hydrogen (secondary N) is 1. The van der Waals surface area contributed by atoms with Gasteiger partial charge in [-0.1, -0.05) is 53.2 Å². The Morgan fingerprint density at radius 1 is 1.24 bits per heavy atom. The lowest BCUT2D eigenvalue weighted by molar-refractivity contribution is -0.126. The van der Waals surface area contributed by atoms with Crippen molar-refractivity contribution in [1.29, 1.82) is 0 Å². The van der Waals surface area contributed by atoms with E-state index in [1.54, 1.807) is 0 Å². The molecule has 34 heavy (non-hydrogen) atoms. The molecule has 4 rings (SSSR count). The summed E-state index contributed by atoms with van der Waals surface area (Å²) < 4.78 is 5.45. The minimum atomic E-state index is -0.000619. The highest BCUT2D eigenvalue weighted by Crippen LogP contribution is 2.26. The molecule has 180 valence electrons. The Morgan fingerprint density at radius 3 is 2.91 bits per heavy atom. The second-order valence-corrected chi connectivity index (χ2v) is 10.2. The molecule has 1 unspecified atom stereocenters. The van der Waals surface area contributed by atoms with E-state index in [2.05, 4.69) is 51.5 Å². The van der Waals surface area contributed by atoms with Gasteiger partial charge in [0, 0.05) is 24.4 Å². The smallest absolute Gasteiger partial charge is 0.241 e. The quantitative estimate of drug-likeness (QED) is 0.380. The number of halogens is 1. The maximum absolute atomic E-state index is 12.7. The van der Waals surface area contributed by atoms with Gasteiger partial charge in [0.05, 0.1) is 17.5 Å². The minimum Gasteiger partial charge on any atom is -0.356 e. The maximum atomic E-state index is 12.7. The molecule has 8 heteroatoms. The summed E-state index contributed by atoms with van der Waals surface area (Å²) in [5, 5.41) is 7.81. The Bertz CT molecular complexity index is 1090. The van der Waals surface area contributed by atoms with Gasteiger partial charge in [0.1, 0.15) is 0 Å². The van der Waals surface area contributed by atoms with Gasteiger partial charge in [-0.15, -0.1) is 0 Å². The molecule has 1 aromatic heterocycles. The molecule has 1 atom stereocenters. The van der Waals surface area contributed by atoms with E-state index in [1.165, 1.54) is 11.1 Å². The van der Waals surface area contributed by atoms with Crippen molar-refractivity contribution in [2.24, 2.45) is 5.92 Å². The van der Waals surface area contributed by atoms with Crippen molar-refractivity contribution in [2.45, 2.75) is 38.5 Å². The maximum Gasteiger partial charge on any atom is 0.241 e. The number of rotatable bonds is 10. The molecule has 1 fully saturated rings. The number of benzene rings is 2. The lowest BCUT2D eigenvalue weighted by Crippen LogP contribution is -2.43. The van der Waals surface area contributed by atoms with Crippen LogP contribution in [-0.4, -0.2) is 46.3 Å². The molecular weight excluding hydrogens is 468 g/mol. The van der Waals surface area contributed by atoms with Crippen LogP contribution in [0.5, 0.6) is 0 Å². The molecule has 0 radical (unpaired) electrons. The average molecular weight is 499 g/mol. The Labute approximate surface area is 210 Å². The zero-order chi connectivity index (χ0) is 23.8. The Hall–Kier alpha value is -2.35. The number of nitrogens with zero attached hydrogens (tertiary/aromatic N) is 3. The average Bonchev–Trinajstić information content (AvgIpc) is 3.30. The summed E-state index contributed by atoms with van der Waals surface area (Å²) in [4.78, 5) is 19.4. The summed E-state index contributed by atoms with van der Waals surface area (Å²) in [7, 11) is 0. The fourth-order valence-electron chi connectivity index (χ4n) is 4.16. The van der Waals surface area contributed by atoms with Crippen LogP contribution in [0, 0.1) is 12.8 Å². The Morgan fingerprint density at radius 2 is 2.06 bits per heavy atom. The first kappa shape index (κ1) is 24.8. The fourth-order valence-corrected chi connectivity index (χ4v) is 5.42. The van der Waals surface area contributed by atoms with Gasteiger partial charge < -0.3 is 9.84 Å². The van der Waals surface area contributed by atoms with Crippen LogP contribution in [0.25, 0.3) is 11.4 Å². The molecule has 0 bridgehead atoms. The molecule has 2 heterocycles. The fraction of sp³-hybridized carbons (Fsp3) is 0.423. The molecule has 6 nitrogen and oxygen atoms in total. The number of piperidine rings is 1. The van der Waals surface area contributed by atoms with Crippen LogP contribution in [0.4, 0.5) is 0 Å². The van der Waals surface area contributed by atoms with E-state index in [1.807, 2.05) is 36.0 Å². The second kappa shape index (κ2) is 12.4. The number of carbonyl (C=O) groups is 1. The third kappa shape index (κ3) is 6.84. The van der Waals surface area contributed by atoms with E-state index < -0.39 is 0 Å². The zero-order valence-electron chi connectivity index (χ0n) is 19.5. The lowest BCUT2D eigenvalue weighted by atomic mass is 9.97. The van der Waals surface area contributed by atoms with Crippen molar-refractivity contribution in [3.63, 3.8) is 0 Å². The van der Waals surface area contributed by atoms with Gasteiger partial charge in [0.25, 0.3) is 0 Å². The van der Waals surface area contributed by atoms with Crippen LogP contribution in [0.2, 0.25) is 5.02 Å². The third-order valence-corrected chi connectivity index (χ3v) is 7.52. The number of carbonyl (C=O) groups excluding carboxylic acids is 1.